The van der Waals surface area contributed by atoms with Crippen molar-refractivity contribution in [3.8, 4) is 0 Å². The Kier molecular flexibility index (Phi) is 6.54. The van der Waals surface area contributed by atoms with Crippen LogP contribution in [0.3, 0.4) is 0 Å². The molecule has 156 valence electrons. The summed E-state index contributed by atoms with van der Waals surface area (Å²) in [7, 11) is 0. The lowest BCUT2D eigenvalue weighted by atomic mass is 9.78. The molecule has 0 spiro atoms. The molecule has 4 bridgehead atoms. The van der Waals surface area contributed by atoms with Crippen LogP contribution in [-0.4, -0.2) is 61.3 Å². The lowest BCUT2D eigenvalue weighted by Gasteiger charge is -2.52. The van der Waals surface area contributed by atoms with Gasteiger partial charge in [0, 0.05) is 37.5 Å². The predicted molar refractivity (Wildman–Crippen MR) is 116 cm³/mol. The van der Waals surface area contributed by atoms with Gasteiger partial charge in [0.25, 0.3) is 0 Å². The molecule has 0 N–H and O–H groups in total. The SMILES string of the molecule is CC1C[N+]2(CCCCCCCCC[N+]34CCC(CC3)C(C)C4)CCC1CC2. The normalized spacial score (nSPS) is 43.3. The van der Waals surface area contributed by atoms with Gasteiger partial charge in [0.05, 0.1) is 52.4 Å². The van der Waals surface area contributed by atoms with Crippen molar-refractivity contribution in [1.29, 1.82) is 0 Å². The molecule has 6 saturated heterocycles. The van der Waals surface area contributed by atoms with Crippen LogP contribution < -0.4 is 0 Å². The highest BCUT2D eigenvalue weighted by Gasteiger charge is 2.44. The van der Waals surface area contributed by atoms with E-state index in [1.54, 1.807) is 0 Å². The van der Waals surface area contributed by atoms with Crippen LogP contribution >= 0.6 is 0 Å². The van der Waals surface area contributed by atoms with Crippen LogP contribution in [-0.2, 0) is 0 Å². The molecular formula is C25H48N2+2. The van der Waals surface area contributed by atoms with Gasteiger partial charge in [0.2, 0.25) is 0 Å². The maximum atomic E-state index is 2.52. The molecule has 2 nitrogen and oxygen atoms in total. The van der Waals surface area contributed by atoms with Crippen LogP contribution in [0.4, 0.5) is 0 Å². The average Bonchev–Trinajstić information content (AvgIpc) is 2.68. The lowest BCUT2D eigenvalue weighted by Crippen LogP contribution is -2.61. The Morgan fingerprint density at radius 1 is 0.519 bits per heavy atom. The van der Waals surface area contributed by atoms with E-state index >= 15 is 0 Å². The van der Waals surface area contributed by atoms with Crippen LogP contribution in [0.1, 0.15) is 84.5 Å². The molecule has 0 amide bonds. The van der Waals surface area contributed by atoms with Crippen LogP contribution in [0.15, 0.2) is 0 Å². The highest BCUT2D eigenvalue weighted by molar-refractivity contribution is 4.78. The Morgan fingerprint density at radius 3 is 1.19 bits per heavy atom. The van der Waals surface area contributed by atoms with Crippen LogP contribution in [0.25, 0.3) is 0 Å². The van der Waals surface area contributed by atoms with Crippen molar-refractivity contribution in [3.05, 3.63) is 0 Å². The maximum Gasteiger partial charge on any atom is 0.0815 e. The van der Waals surface area contributed by atoms with Crippen molar-refractivity contribution in [1.82, 2.24) is 0 Å². The van der Waals surface area contributed by atoms with Gasteiger partial charge in [-0.15, -0.1) is 0 Å². The Morgan fingerprint density at radius 2 is 0.852 bits per heavy atom. The van der Waals surface area contributed by atoms with Gasteiger partial charge in [-0.3, -0.25) is 0 Å². The van der Waals surface area contributed by atoms with E-state index in [-0.39, 0.29) is 0 Å². The van der Waals surface area contributed by atoms with Crippen molar-refractivity contribution in [2.24, 2.45) is 23.7 Å². The zero-order chi connectivity index (χ0) is 18.7. The first-order chi connectivity index (χ1) is 13.1. The van der Waals surface area contributed by atoms with Gasteiger partial charge in [-0.25, -0.2) is 0 Å². The van der Waals surface area contributed by atoms with Crippen molar-refractivity contribution < 1.29 is 8.97 Å². The molecule has 0 radical (unpaired) electrons. The minimum Gasteiger partial charge on any atom is -0.323 e. The highest BCUT2D eigenvalue weighted by Crippen LogP contribution is 2.38. The number of rotatable bonds is 10. The first kappa shape index (κ1) is 20.2. The minimum absolute atomic E-state index is 1.01. The number of unbranched alkanes of at least 4 members (excludes halogenated alkanes) is 6. The molecule has 0 aromatic rings. The standard InChI is InChI=1S/C25H48N2/c1-22-20-26(16-10-24(22)11-17-26)14-8-6-4-3-5-7-9-15-27-18-12-25(13-19-27)23(2)21-27/h22-25H,3-21H2,1-2H3/q+2. The summed E-state index contributed by atoms with van der Waals surface area (Å²) < 4.78 is 2.99. The van der Waals surface area contributed by atoms with E-state index in [4.69, 9.17) is 0 Å². The second-order valence-electron chi connectivity index (χ2n) is 11.5. The maximum absolute atomic E-state index is 2.52. The molecule has 6 fully saturated rings. The van der Waals surface area contributed by atoms with Gasteiger partial charge in [0.15, 0.2) is 0 Å². The number of piperidine rings is 6. The lowest BCUT2D eigenvalue weighted by molar-refractivity contribution is -0.946. The van der Waals surface area contributed by atoms with Gasteiger partial charge in [-0.1, -0.05) is 33.1 Å². The molecule has 6 rings (SSSR count). The van der Waals surface area contributed by atoms with E-state index in [0.717, 1.165) is 23.7 Å². The summed E-state index contributed by atoms with van der Waals surface area (Å²) in [5, 5.41) is 0. The third-order valence-electron chi connectivity index (χ3n) is 9.62. The second-order valence-corrected chi connectivity index (χ2v) is 11.5. The summed E-state index contributed by atoms with van der Waals surface area (Å²) in [6, 6.07) is 0. The molecule has 0 aromatic heterocycles. The quantitative estimate of drug-likeness (QED) is 0.350. The Hall–Kier alpha value is -0.0800. The monoisotopic (exact) mass is 376 g/mol. The first-order valence-corrected chi connectivity index (χ1v) is 12.8. The van der Waals surface area contributed by atoms with Gasteiger partial charge in [-0.05, 0) is 37.5 Å². The van der Waals surface area contributed by atoms with Crippen molar-refractivity contribution in [2.45, 2.75) is 84.5 Å². The molecule has 6 aliphatic heterocycles. The predicted octanol–water partition coefficient (Wildman–Crippen LogP) is 5.47. The van der Waals surface area contributed by atoms with E-state index in [9.17, 15) is 0 Å². The summed E-state index contributed by atoms with van der Waals surface area (Å²) in [5.41, 5.74) is 0. The van der Waals surface area contributed by atoms with Gasteiger partial charge in [-0.2, -0.15) is 0 Å². The topological polar surface area (TPSA) is 0 Å². The molecule has 0 saturated carbocycles. The summed E-state index contributed by atoms with van der Waals surface area (Å²) in [5.74, 6) is 4.17. The van der Waals surface area contributed by atoms with E-state index < -0.39 is 0 Å². The fraction of sp³-hybridized carbons (Fsp3) is 1.00. The molecule has 6 aliphatic rings. The van der Waals surface area contributed by atoms with Gasteiger partial charge < -0.3 is 8.97 Å². The third kappa shape index (κ3) is 4.74. The van der Waals surface area contributed by atoms with Crippen molar-refractivity contribution >= 4 is 0 Å². The number of hydrogen-bond donors (Lipinski definition) is 0. The molecular weight excluding hydrogens is 328 g/mol. The summed E-state index contributed by atoms with van der Waals surface area (Å²) in [4.78, 5) is 0. The first-order valence-electron chi connectivity index (χ1n) is 12.8. The van der Waals surface area contributed by atoms with Crippen molar-refractivity contribution in [2.75, 3.05) is 52.4 Å². The molecule has 0 aliphatic carbocycles. The molecule has 0 aromatic carbocycles. The fourth-order valence-electron chi connectivity index (χ4n) is 7.70. The van der Waals surface area contributed by atoms with Crippen LogP contribution in [0.5, 0.6) is 0 Å². The highest BCUT2D eigenvalue weighted by atomic mass is 15.4. The van der Waals surface area contributed by atoms with Gasteiger partial charge in [0.1, 0.15) is 0 Å². The summed E-state index contributed by atoms with van der Waals surface area (Å²) in [6.07, 6.45) is 16.6. The number of fused-ring (bicyclic) bond motifs is 6. The summed E-state index contributed by atoms with van der Waals surface area (Å²) >= 11 is 0. The number of hydrogen-bond acceptors (Lipinski definition) is 0. The molecule has 2 atom stereocenters. The number of quaternary nitrogens is 2. The largest absolute Gasteiger partial charge is 0.323 e. The van der Waals surface area contributed by atoms with E-state index in [1.165, 1.54) is 132 Å². The second kappa shape index (κ2) is 8.74. The molecule has 2 heteroatoms. The average molecular weight is 377 g/mol. The zero-order valence-electron chi connectivity index (χ0n) is 18.6. The Labute approximate surface area is 169 Å². The van der Waals surface area contributed by atoms with Crippen LogP contribution in [0, 0.1) is 23.7 Å². The number of nitrogens with zero attached hydrogens (tertiary/aromatic N) is 2. The zero-order valence-corrected chi connectivity index (χ0v) is 18.6. The van der Waals surface area contributed by atoms with Crippen molar-refractivity contribution in [3.63, 3.8) is 0 Å². The summed E-state index contributed by atoms with van der Waals surface area (Å²) in [6.45, 7) is 17.1. The van der Waals surface area contributed by atoms with E-state index in [1.807, 2.05) is 0 Å². The fourth-order valence-corrected chi connectivity index (χ4v) is 7.70. The Bertz CT molecular complexity index is 415. The van der Waals surface area contributed by atoms with Crippen LogP contribution in [0.2, 0.25) is 0 Å². The van der Waals surface area contributed by atoms with E-state index in [2.05, 4.69) is 13.8 Å². The molecule has 6 heterocycles. The molecule has 27 heavy (non-hydrogen) atoms. The van der Waals surface area contributed by atoms with Gasteiger partial charge >= 0.3 is 0 Å². The van der Waals surface area contributed by atoms with E-state index in [0.29, 0.717) is 0 Å². The third-order valence-corrected chi connectivity index (χ3v) is 9.62. The smallest absolute Gasteiger partial charge is 0.0815 e. The Balaban J connectivity index is 1.02. The minimum atomic E-state index is 1.01. The molecule has 2 unspecified atom stereocenters.